The molecule has 2 rings (SSSR count). The van der Waals surface area contributed by atoms with Crippen LogP contribution in [-0.2, 0) is 0 Å². The van der Waals surface area contributed by atoms with Gasteiger partial charge in [-0.2, -0.15) is 0 Å². The highest BCUT2D eigenvalue weighted by atomic mass is 79.9. The smallest absolute Gasteiger partial charge is 0.348 e. The van der Waals surface area contributed by atoms with Crippen molar-refractivity contribution in [3.8, 4) is 10.4 Å². The van der Waals surface area contributed by atoms with E-state index in [1.54, 1.807) is 6.07 Å². The number of aromatic carboxylic acids is 1. The van der Waals surface area contributed by atoms with E-state index in [0.29, 0.717) is 10.7 Å². The van der Waals surface area contributed by atoms with E-state index in [1.807, 2.05) is 19.1 Å². The van der Waals surface area contributed by atoms with Crippen molar-refractivity contribution in [1.82, 2.24) is 0 Å². The summed E-state index contributed by atoms with van der Waals surface area (Å²) in [6.07, 6.45) is 0. The molecule has 0 bridgehead atoms. The number of carboxylic acid groups (broad SMARTS) is 1. The third-order valence-electron chi connectivity index (χ3n) is 2.57. The minimum absolute atomic E-state index is 0.168. The summed E-state index contributed by atoms with van der Waals surface area (Å²) in [6.45, 7) is 1.81. The van der Waals surface area contributed by atoms with E-state index in [4.69, 9.17) is 22.4 Å². The van der Waals surface area contributed by atoms with Gasteiger partial charge in [-0.1, -0.05) is 17.7 Å². The number of anilines is 1. The monoisotopic (exact) mass is 345 g/mol. The topological polar surface area (TPSA) is 63.3 Å². The lowest BCUT2D eigenvalue weighted by Gasteiger charge is -2.02. The van der Waals surface area contributed by atoms with Crippen LogP contribution in [0.3, 0.4) is 0 Å². The van der Waals surface area contributed by atoms with Crippen LogP contribution in [0.25, 0.3) is 10.4 Å². The summed E-state index contributed by atoms with van der Waals surface area (Å²) in [6, 6.07) is 5.49. The molecular formula is C12H9BrClNO2S. The van der Waals surface area contributed by atoms with E-state index in [1.165, 1.54) is 0 Å². The molecule has 0 aliphatic heterocycles. The van der Waals surface area contributed by atoms with Gasteiger partial charge >= 0.3 is 5.97 Å². The van der Waals surface area contributed by atoms with Crippen LogP contribution in [0.1, 0.15) is 15.2 Å². The van der Waals surface area contributed by atoms with Gasteiger partial charge in [0.2, 0.25) is 0 Å². The zero-order chi connectivity index (χ0) is 13.4. The first-order chi connectivity index (χ1) is 8.41. The molecule has 0 amide bonds. The van der Waals surface area contributed by atoms with E-state index in [9.17, 15) is 4.79 Å². The highest BCUT2D eigenvalue weighted by molar-refractivity contribution is 9.10. The van der Waals surface area contributed by atoms with Crippen molar-refractivity contribution in [1.29, 1.82) is 0 Å². The summed E-state index contributed by atoms with van der Waals surface area (Å²) in [5.41, 5.74) is 7.76. The van der Waals surface area contributed by atoms with Gasteiger partial charge in [0.15, 0.2) is 0 Å². The molecule has 2 aromatic rings. The Bertz CT molecular complexity index is 639. The lowest BCUT2D eigenvalue weighted by molar-refractivity contribution is 0.0703. The van der Waals surface area contributed by atoms with Crippen LogP contribution in [-0.4, -0.2) is 11.1 Å². The molecule has 18 heavy (non-hydrogen) atoms. The Labute approximate surface area is 121 Å². The summed E-state index contributed by atoms with van der Waals surface area (Å²) >= 11 is 10.5. The lowest BCUT2D eigenvalue weighted by atomic mass is 10.1. The summed E-state index contributed by atoms with van der Waals surface area (Å²) in [5, 5.41) is 9.63. The fourth-order valence-electron chi connectivity index (χ4n) is 1.60. The maximum atomic E-state index is 11.0. The predicted molar refractivity (Wildman–Crippen MR) is 78.6 cm³/mol. The van der Waals surface area contributed by atoms with Crippen LogP contribution >= 0.6 is 38.9 Å². The number of nitrogens with two attached hydrogens (primary N) is 1. The van der Waals surface area contributed by atoms with Crippen molar-refractivity contribution in [3.63, 3.8) is 0 Å². The maximum Gasteiger partial charge on any atom is 0.348 e. The molecule has 1 aromatic carbocycles. The Morgan fingerprint density at radius 1 is 1.50 bits per heavy atom. The molecule has 3 N–H and O–H groups in total. The molecule has 0 unspecified atom stereocenters. The van der Waals surface area contributed by atoms with Gasteiger partial charge in [0.25, 0.3) is 0 Å². The molecule has 6 heteroatoms. The van der Waals surface area contributed by atoms with Crippen molar-refractivity contribution < 1.29 is 9.90 Å². The first kappa shape index (κ1) is 13.4. The largest absolute Gasteiger partial charge is 0.477 e. The summed E-state index contributed by atoms with van der Waals surface area (Å²) in [7, 11) is 0. The van der Waals surface area contributed by atoms with Gasteiger partial charge in [-0.3, -0.25) is 0 Å². The molecule has 0 saturated heterocycles. The molecule has 0 atom stereocenters. The van der Waals surface area contributed by atoms with E-state index in [-0.39, 0.29) is 4.88 Å². The van der Waals surface area contributed by atoms with Crippen LogP contribution in [0.4, 0.5) is 5.69 Å². The van der Waals surface area contributed by atoms with Crippen LogP contribution < -0.4 is 5.73 Å². The number of rotatable bonds is 2. The number of hydrogen-bond donors (Lipinski definition) is 2. The number of halogens is 2. The second-order valence-corrected chi connectivity index (χ2v) is 6.02. The first-order valence-corrected chi connectivity index (χ1v) is 6.98. The second-order valence-electron chi connectivity index (χ2n) is 3.73. The third-order valence-corrected chi connectivity index (χ3v) is 5.15. The lowest BCUT2D eigenvalue weighted by Crippen LogP contribution is -1.97. The Balaban J connectivity index is 2.61. The van der Waals surface area contributed by atoms with E-state index in [0.717, 1.165) is 31.8 Å². The number of thiophene rings is 1. The minimum atomic E-state index is -1.00. The number of hydrogen-bond acceptors (Lipinski definition) is 3. The summed E-state index contributed by atoms with van der Waals surface area (Å²) in [4.78, 5) is 12.0. The highest BCUT2D eigenvalue weighted by Crippen LogP contribution is 2.39. The molecule has 0 radical (unpaired) electrons. The zero-order valence-electron chi connectivity index (χ0n) is 9.33. The van der Waals surface area contributed by atoms with Crippen molar-refractivity contribution in [2.45, 2.75) is 6.92 Å². The third kappa shape index (κ3) is 2.25. The van der Waals surface area contributed by atoms with Crippen molar-refractivity contribution in [2.75, 3.05) is 5.73 Å². The fraction of sp³-hybridized carbons (Fsp3) is 0.0833. The first-order valence-electron chi connectivity index (χ1n) is 4.99. The molecular weight excluding hydrogens is 338 g/mol. The fourth-order valence-corrected chi connectivity index (χ4v) is 3.09. The Hall–Kier alpha value is -1.04. The Morgan fingerprint density at radius 3 is 2.67 bits per heavy atom. The number of benzene rings is 1. The molecule has 0 fully saturated rings. The van der Waals surface area contributed by atoms with Gasteiger partial charge < -0.3 is 10.8 Å². The SMILES string of the molecule is Cc1c(-c2ccc(Br)c(Cl)c2)sc(C(=O)O)c1N. The molecule has 3 nitrogen and oxygen atoms in total. The summed E-state index contributed by atoms with van der Waals surface area (Å²) in [5.74, 6) is -1.00. The number of carbonyl (C=O) groups is 1. The maximum absolute atomic E-state index is 11.0. The highest BCUT2D eigenvalue weighted by Gasteiger charge is 2.18. The van der Waals surface area contributed by atoms with Crippen LogP contribution in [0.2, 0.25) is 5.02 Å². The van der Waals surface area contributed by atoms with Crippen molar-refractivity contribution in [2.24, 2.45) is 0 Å². The van der Waals surface area contributed by atoms with Gasteiger partial charge in [-0.05, 0) is 46.1 Å². The van der Waals surface area contributed by atoms with Gasteiger partial charge in [0.05, 0.1) is 10.7 Å². The summed E-state index contributed by atoms with van der Waals surface area (Å²) < 4.78 is 0.800. The number of carboxylic acids is 1. The van der Waals surface area contributed by atoms with Crippen molar-refractivity contribution >= 4 is 50.5 Å². The normalized spacial score (nSPS) is 10.6. The minimum Gasteiger partial charge on any atom is -0.477 e. The van der Waals surface area contributed by atoms with Gasteiger partial charge in [-0.25, -0.2) is 4.79 Å². The molecule has 0 saturated carbocycles. The van der Waals surface area contributed by atoms with Crippen LogP contribution in [0.15, 0.2) is 22.7 Å². The average molecular weight is 347 g/mol. The van der Waals surface area contributed by atoms with Gasteiger partial charge in [0.1, 0.15) is 4.88 Å². The molecule has 0 aliphatic carbocycles. The molecule has 1 heterocycles. The van der Waals surface area contributed by atoms with Gasteiger partial charge in [-0.15, -0.1) is 11.3 Å². The van der Waals surface area contributed by atoms with Crippen molar-refractivity contribution in [3.05, 3.63) is 38.1 Å². The van der Waals surface area contributed by atoms with Gasteiger partial charge in [0, 0.05) is 9.35 Å². The van der Waals surface area contributed by atoms with Crippen LogP contribution in [0.5, 0.6) is 0 Å². The molecule has 0 aliphatic rings. The Morgan fingerprint density at radius 2 is 2.17 bits per heavy atom. The Kier molecular flexibility index (Phi) is 3.66. The molecule has 94 valence electrons. The van der Waals surface area contributed by atoms with E-state index >= 15 is 0 Å². The molecule has 1 aromatic heterocycles. The number of nitrogen functional groups attached to an aromatic ring is 1. The standard InChI is InChI=1S/C12H9BrClNO2S/c1-5-9(15)11(12(16)17)18-10(5)6-2-3-7(13)8(14)4-6/h2-4H,15H2,1H3,(H,16,17). The van der Waals surface area contributed by atoms with Crippen LogP contribution in [0, 0.1) is 6.92 Å². The predicted octanol–water partition coefficient (Wildman–Crippen LogP) is 4.42. The van der Waals surface area contributed by atoms with E-state index < -0.39 is 5.97 Å². The van der Waals surface area contributed by atoms with E-state index in [2.05, 4.69) is 15.9 Å². The molecule has 0 spiro atoms. The second kappa shape index (κ2) is 4.91. The quantitative estimate of drug-likeness (QED) is 0.846. The zero-order valence-corrected chi connectivity index (χ0v) is 12.5. The average Bonchev–Trinajstić information content (AvgIpc) is 2.60.